The molecule has 0 bridgehead atoms. The Balaban J connectivity index is 3.24. The Labute approximate surface area is 449 Å². The van der Waals surface area contributed by atoms with Crippen molar-refractivity contribution in [2.45, 2.75) is 154 Å². The van der Waals surface area contributed by atoms with Crippen LogP contribution in [0.5, 0.6) is 0 Å². The highest BCUT2D eigenvalue weighted by Gasteiger charge is 2.42. The Bertz CT molecular complexity index is 2100. The third-order valence-electron chi connectivity index (χ3n) is 11.5. The molecular weight excluding hydrogens is 1050 g/mol. The number of amides is 10. The van der Waals surface area contributed by atoms with Gasteiger partial charge in [0.2, 0.25) is 59.1 Å². The Hall–Kier alpha value is -5.92. The molecule has 1 saturated heterocycles. The maximum Gasteiger partial charge on any atom is 0.327 e. The fourth-order valence-electron chi connectivity index (χ4n) is 7.20. The molecule has 0 aromatic carbocycles. The number of nitrogens with two attached hydrogens (primary N) is 1. The van der Waals surface area contributed by atoms with Crippen molar-refractivity contribution < 1.29 is 82.8 Å². The first-order chi connectivity index (χ1) is 34.8. The number of likely N-dealkylation sites (tertiary alicyclic amines) is 1. The molecule has 31 heteroatoms. The van der Waals surface area contributed by atoms with Crippen molar-refractivity contribution in [2.24, 2.45) is 23.5 Å². The fourth-order valence-corrected chi connectivity index (χ4v) is 7.87. The van der Waals surface area contributed by atoms with Crippen LogP contribution in [0.15, 0.2) is 0 Å². The minimum atomic E-state index is -1.93. The first-order valence-electron chi connectivity index (χ1n) is 23.8. The zero-order valence-corrected chi connectivity index (χ0v) is 45.5. The number of aliphatic hydroxyl groups excluding tert-OH is 1. The zero-order chi connectivity index (χ0) is 57.8. The number of hydrogen-bond acceptors (Lipinski definition) is 18. The minimum Gasteiger partial charge on any atom is -0.481 e. The number of aliphatic carboxylic acids is 3. The van der Waals surface area contributed by atoms with Gasteiger partial charge < -0.3 is 78.9 Å². The summed E-state index contributed by atoms with van der Waals surface area (Å²) in [6.07, 6.45) is -3.55. The molecule has 1 aliphatic heterocycles. The Kier molecular flexibility index (Phi) is 28.5. The van der Waals surface area contributed by atoms with Gasteiger partial charge in [0, 0.05) is 23.8 Å². The van der Waals surface area contributed by atoms with Crippen LogP contribution in [0.4, 0.5) is 0 Å². The third kappa shape index (κ3) is 21.3. The van der Waals surface area contributed by atoms with Crippen LogP contribution in [-0.4, -0.2) is 199 Å². The van der Waals surface area contributed by atoms with E-state index in [1.165, 1.54) is 13.8 Å². The summed E-state index contributed by atoms with van der Waals surface area (Å²) < 4.78 is 0. The number of nitrogens with one attached hydrogen (secondary N) is 9. The smallest absolute Gasteiger partial charge is 0.327 e. The number of hydrogen-bond donors (Lipinski definition) is 17. The average Bonchev–Trinajstić information content (AvgIpc) is 3.82. The highest BCUT2D eigenvalue weighted by molar-refractivity contribution is 7.80. The van der Waals surface area contributed by atoms with E-state index < -0.39 is 180 Å². The lowest BCUT2D eigenvalue weighted by Gasteiger charge is -2.31. The highest BCUT2D eigenvalue weighted by Crippen LogP contribution is 2.21. The molecule has 28 nitrogen and oxygen atoms in total. The van der Waals surface area contributed by atoms with E-state index in [9.17, 15) is 82.8 Å². The maximum atomic E-state index is 14.0. The van der Waals surface area contributed by atoms with Crippen LogP contribution in [-0.2, 0) is 62.3 Å². The fraction of sp³-hybridized carbons (Fsp3) is 0.705. The number of carboxylic acids is 3. The molecule has 0 radical (unpaired) electrons. The molecule has 15 N–H and O–H groups in total. The second-order valence-electron chi connectivity index (χ2n) is 18.8. The van der Waals surface area contributed by atoms with E-state index in [0.29, 0.717) is 0 Å². The largest absolute Gasteiger partial charge is 0.481 e. The van der Waals surface area contributed by atoms with Crippen molar-refractivity contribution >= 4 is 115 Å². The molecule has 0 spiro atoms. The summed E-state index contributed by atoms with van der Waals surface area (Å²) in [5, 5.41) is 60.2. The van der Waals surface area contributed by atoms with Crippen molar-refractivity contribution in [3.8, 4) is 0 Å². The third-order valence-corrected chi connectivity index (χ3v) is 12.7. The average molecular weight is 1120 g/mol. The van der Waals surface area contributed by atoms with E-state index in [2.05, 4.69) is 85.7 Å². The molecule has 75 heavy (non-hydrogen) atoms. The van der Waals surface area contributed by atoms with Gasteiger partial charge in [-0.25, -0.2) is 4.79 Å². The predicted octanol–water partition coefficient (Wildman–Crippen LogP) is -5.14. The SMILES string of the molecule is CC(C)[C@H](NC(=O)[C@@H](NC(=O)[C@@H](N)CS)C(C)C)C(=O)N[C@@H](CC(=O)O)C(=O)N[C@H](C(=O)N[C@@H](C)C(=O)N[C@@H](CC(=O)O)C(=O)N1CCC[C@H]1C(=O)N[C@H](C(=O)N[C@@H](CS)C(=O)N[C@@H](CS)C(=O)O)C(C)C)[C@@H](C)O. The van der Waals surface area contributed by atoms with Gasteiger partial charge in [-0.3, -0.25) is 57.5 Å². The van der Waals surface area contributed by atoms with Gasteiger partial charge in [-0.05, 0) is 44.4 Å². The van der Waals surface area contributed by atoms with Gasteiger partial charge in [-0.15, -0.1) is 0 Å². The molecule has 0 unspecified atom stereocenters. The monoisotopic (exact) mass is 1120 g/mol. The number of carbonyl (C=O) groups is 13. The number of thiol groups is 3. The molecule has 424 valence electrons. The van der Waals surface area contributed by atoms with Gasteiger partial charge in [0.25, 0.3) is 0 Å². The summed E-state index contributed by atoms with van der Waals surface area (Å²) in [6, 6.07) is -16.3. The van der Waals surface area contributed by atoms with Crippen LogP contribution < -0.4 is 53.6 Å². The first kappa shape index (κ1) is 67.1. The number of carboxylic acid groups (broad SMARTS) is 3. The summed E-state index contributed by atoms with van der Waals surface area (Å²) in [5.74, 6) is -16.7. The summed E-state index contributed by atoms with van der Waals surface area (Å²) >= 11 is 11.9. The first-order valence-corrected chi connectivity index (χ1v) is 25.7. The standard InChI is InChI=1S/C44H73N11O17S3/c1-17(2)30(40(67)49-25(15-74)37(64)50-26(16-75)44(71)72)52-38(65)27-10-9-11-55(27)43(70)24(13-29(59)60)48-34(61)20(7)46-42(69)33(21(8)56)54-36(63)23(12-28(57)58)47-39(66)31(18(3)4)53-41(68)32(19(5)6)51-35(62)22(45)14-73/h17-27,30-33,56,73-75H,9-16,45H2,1-8H3,(H,46,69)(H,47,66)(H,48,61)(H,49,67)(H,50,64)(H,51,62)(H,52,65)(H,53,68)(H,54,63)(H,57,58)(H,59,60)(H,71,72)/t20-,21+,22-,23-,24-,25-,26-,27-,30-,31-,32-,33-/m0/s1. The van der Waals surface area contributed by atoms with Crippen LogP contribution >= 0.6 is 37.9 Å². The van der Waals surface area contributed by atoms with Crippen LogP contribution in [0.3, 0.4) is 0 Å². The molecule has 1 fully saturated rings. The van der Waals surface area contributed by atoms with Crippen LogP contribution in [0.25, 0.3) is 0 Å². The number of rotatable bonds is 31. The molecule has 1 rings (SSSR count). The van der Waals surface area contributed by atoms with E-state index in [1.54, 1.807) is 27.7 Å². The lowest BCUT2D eigenvalue weighted by atomic mass is 9.99. The van der Waals surface area contributed by atoms with Crippen molar-refractivity contribution in [2.75, 3.05) is 23.8 Å². The molecule has 1 aliphatic rings. The highest BCUT2D eigenvalue weighted by atomic mass is 32.1. The Morgan fingerprint density at radius 3 is 1.35 bits per heavy atom. The summed E-state index contributed by atoms with van der Waals surface area (Å²) in [7, 11) is 0. The Morgan fingerprint density at radius 1 is 0.493 bits per heavy atom. The van der Waals surface area contributed by atoms with Crippen LogP contribution in [0.2, 0.25) is 0 Å². The van der Waals surface area contributed by atoms with Gasteiger partial charge in [-0.2, -0.15) is 37.9 Å². The molecule has 12 atom stereocenters. The molecule has 0 saturated carbocycles. The van der Waals surface area contributed by atoms with E-state index in [-0.39, 0.29) is 36.6 Å². The van der Waals surface area contributed by atoms with Crippen molar-refractivity contribution in [1.82, 2.24) is 52.8 Å². The molecule has 0 aliphatic carbocycles. The van der Waals surface area contributed by atoms with Gasteiger partial charge in [-0.1, -0.05) is 41.5 Å². The summed E-state index contributed by atoms with van der Waals surface area (Å²) in [6.45, 7) is 11.5. The number of nitrogens with zero attached hydrogens (tertiary/aromatic N) is 1. The van der Waals surface area contributed by atoms with E-state index >= 15 is 0 Å². The lowest BCUT2D eigenvalue weighted by molar-refractivity contribution is -0.146. The van der Waals surface area contributed by atoms with Gasteiger partial charge >= 0.3 is 17.9 Å². The number of carbonyl (C=O) groups excluding carboxylic acids is 10. The van der Waals surface area contributed by atoms with Crippen molar-refractivity contribution in [3.05, 3.63) is 0 Å². The molecule has 0 aromatic heterocycles. The van der Waals surface area contributed by atoms with Gasteiger partial charge in [0.1, 0.15) is 60.4 Å². The van der Waals surface area contributed by atoms with Gasteiger partial charge in [0.15, 0.2) is 0 Å². The molecule has 10 amide bonds. The van der Waals surface area contributed by atoms with Gasteiger partial charge in [0.05, 0.1) is 25.0 Å². The second-order valence-corrected chi connectivity index (χ2v) is 19.9. The normalized spacial score (nSPS) is 17.7. The predicted molar refractivity (Wildman–Crippen MR) is 276 cm³/mol. The van der Waals surface area contributed by atoms with Crippen molar-refractivity contribution in [3.63, 3.8) is 0 Å². The van der Waals surface area contributed by atoms with Crippen molar-refractivity contribution in [1.29, 1.82) is 0 Å². The van der Waals surface area contributed by atoms with Crippen LogP contribution in [0.1, 0.15) is 81.1 Å². The summed E-state index contributed by atoms with van der Waals surface area (Å²) in [5.41, 5.74) is 5.72. The topological polar surface area (TPSA) is 440 Å². The Morgan fingerprint density at radius 2 is 0.893 bits per heavy atom. The zero-order valence-electron chi connectivity index (χ0n) is 42.8. The van der Waals surface area contributed by atoms with E-state index in [4.69, 9.17) is 5.73 Å². The quantitative estimate of drug-likeness (QED) is 0.0289. The lowest BCUT2D eigenvalue weighted by Crippen LogP contribution is -2.62. The number of aliphatic hydroxyl groups is 1. The summed E-state index contributed by atoms with van der Waals surface area (Å²) in [4.78, 5) is 170. The molecular formula is C44H73N11O17S3. The maximum absolute atomic E-state index is 14.0. The minimum absolute atomic E-state index is 0.0340. The second kappa shape index (κ2) is 31.8. The molecule has 1 heterocycles. The van der Waals surface area contributed by atoms with E-state index in [1.807, 2.05) is 0 Å². The van der Waals surface area contributed by atoms with E-state index in [0.717, 1.165) is 18.7 Å². The van der Waals surface area contributed by atoms with Crippen LogP contribution in [0, 0.1) is 17.8 Å². The molecule has 0 aromatic rings.